The summed E-state index contributed by atoms with van der Waals surface area (Å²) in [5, 5.41) is 3.66. The molecular formula is C23H26ClNO3. The van der Waals surface area contributed by atoms with E-state index in [0.717, 1.165) is 36.3 Å². The lowest BCUT2D eigenvalue weighted by atomic mass is 9.78. The van der Waals surface area contributed by atoms with Gasteiger partial charge in [0.1, 0.15) is 0 Å². The van der Waals surface area contributed by atoms with Crippen molar-refractivity contribution in [2.45, 2.75) is 44.6 Å². The summed E-state index contributed by atoms with van der Waals surface area (Å²) in [4.78, 5) is 25.2. The van der Waals surface area contributed by atoms with Gasteiger partial charge in [-0.15, -0.1) is 0 Å². The lowest BCUT2D eigenvalue weighted by molar-refractivity contribution is -0.148. The molecule has 1 atom stereocenters. The minimum Gasteiger partial charge on any atom is -0.464 e. The lowest BCUT2D eigenvalue weighted by Crippen LogP contribution is -2.39. The van der Waals surface area contributed by atoms with Crippen molar-refractivity contribution in [2.75, 3.05) is 6.61 Å². The van der Waals surface area contributed by atoms with E-state index >= 15 is 0 Å². The summed E-state index contributed by atoms with van der Waals surface area (Å²) in [7, 11) is 0. The van der Waals surface area contributed by atoms with Crippen LogP contribution in [-0.2, 0) is 14.3 Å². The van der Waals surface area contributed by atoms with Crippen molar-refractivity contribution in [3.8, 4) is 0 Å². The molecule has 1 aliphatic carbocycles. The standard InChI is InChI=1S/C23H26ClNO3/c1-2-28-23(27)21(18-6-4-3-5-7-18)25-22(26)19-10-8-16(9-11-19)17-12-14-20(24)15-13-17/h3-7,12-16,19,21H,2,8-11H2,1H3,(H,25,26)/t16?,19?,21-/m1/s1. The minimum absolute atomic E-state index is 0.0727. The Hall–Kier alpha value is -2.33. The topological polar surface area (TPSA) is 55.4 Å². The van der Waals surface area contributed by atoms with E-state index in [0.29, 0.717) is 5.92 Å². The second-order valence-electron chi connectivity index (χ2n) is 7.20. The first-order valence-corrected chi connectivity index (χ1v) is 10.2. The van der Waals surface area contributed by atoms with Gasteiger partial charge >= 0.3 is 5.97 Å². The summed E-state index contributed by atoms with van der Waals surface area (Å²) >= 11 is 5.97. The summed E-state index contributed by atoms with van der Waals surface area (Å²) in [6.45, 7) is 2.05. The molecule has 4 nitrogen and oxygen atoms in total. The van der Waals surface area contributed by atoms with Crippen LogP contribution in [0.5, 0.6) is 0 Å². The van der Waals surface area contributed by atoms with E-state index in [2.05, 4.69) is 17.4 Å². The number of hydrogen-bond donors (Lipinski definition) is 1. The average Bonchev–Trinajstić information content (AvgIpc) is 2.73. The van der Waals surface area contributed by atoms with E-state index in [9.17, 15) is 9.59 Å². The van der Waals surface area contributed by atoms with Gasteiger partial charge in [-0.1, -0.05) is 54.1 Å². The van der Waals surface area contributed by atoms with Gasteiger partial charge in [0.25, 0.3) is 0 Å². The summed E-state index contributed by atoms with van der Waals surface area (Å²) < 4.78 is 5.17. The Balaban J connectivity index is 1.61. The lowest BCUT2D eigenvalue weighted by Gasteiger charge is -2.29. The van der Waals surface area contributed by atoms with E-state index < -0.39 is 12.0 Å². The highest BCUT2D eigenvalue weighted by molar-refractivity contribution is 6.30. The average molecular weight is 400 g/mol. The number of esters is 1. The van der Waals surface area contributed by atoms with Crippen molar-refractivity contribution in [3.05, 3.63) is 70.7 Å². The molecule has 0 aliphatic heterocycles. The molecule has 5 heteroatoms. The normalized spacial score (nSPS) is 20.2. The molecule has 148 valence electrons. The maximum Gasteiger partial charge on any atom is 0.333 e. The fraction of sp³-hybridized carbons (Fsp3) is 0.391. The molecule has 1 saturated carbocycles. The van der Waals surface area contributed by atoms with Crippen LogP contribution in [0.3, 0.4) is 0 Å². The van der Waals surface area contributed by atoms with E-state index in [1.165, 1.54) is 5.56 Å². The SMILES string of the molecule is CCOC(=O)[C@H](NC(=O)C1CCC(c2ccc(Cl)cc2)CC1)c1ccccc1. The second-order valence-corrected chi connectivity index (χ2v) is 7.64. The van der Waals surface area contributed by atoms with Gasteiger partial charge in [-0.25, -0.2) is 4.79 Å². The van der Waals surface area contributed by atoms with Gasteiger partial charge in [-0.3, -0.25) is 4.79 Å². The molecule has 3 rings (SSSR count). The molecule has 0 saturated heterocycles. The fourth-order valence-electron chi connectivity index (χ4n) is 3.83. The van der Waals surface area contributed by atoms with Crippen LogP contribution >= 0.6 is 11.6 Å². The molecule has 0 bridgehead atoms. The molecule has 1 amide bonds. The van der Waals surface area contributed by atoms with Crippen molar-refractivity contribution >= 4 is 23.5 Å². The fourth-order valence-corrected chi connectivity index (χ4v) is 3.96. The van der Waals surface area contributed by atoms with Gasteiger partial charge < -0.3 is 10.1 Å². The van der Waals surface area contributed by atoms with Crippen LogP contribution in [0.2, 0.25) is 5.02 Å². The minimum atomic E-state index is -0.761. The van der Waals surface area contributed by atoms with Crippen molar-refractivity contribution in [1.29, 1.82) is 0 Å². The Morgan fingerprint density at radius 1 is 1.04 bits per heavy atom. The van der Waals surface area contributed by atoms with Gasteiger partial charge in [0.15, 0.2) is 6.04 Å². The summed E-state index contributed by atoms with van der Waals surface area (Å²) in [5.41, 5.74) is 2.01. The molecule has 0 heterocycles. The Labute approximate surface area is 171 Å². The molecule has 28 heavy (non-hydrogen) atoms. The van der Waals surface area contributed by atoms with E-state index in [1.807, 2.05) is 42.5 Å². The Morgan fingerprint density at radius 2 is 1.68 bits per heavy atom. The number of hydrogen-bond acceptors (Lipinski definition) is 3. The van der Waals surface area contributed by atoms with Gasteiger partial charge in [-0.2, -0.15) is 0 Å². The van der Waals surface area contributed by atoms with Crippen LogP contribution in [0.15, 0.2) is 54.6 Å². The van der Waals surface area contributed by atoms with Crippen LogP contribution in [0.25, 0.3) is 0 Å². The Bertz CT molecular complexity index is 783. The van der Waals surface area contributed by atoms with E-state index in [-0.39, 0.29) is 18.4 Å². The molecule has 2 aromatic carbocycles. The van der Waals surface area contributed by atoms with Crippen molar-refractivity contribution in [2.24, 2.45) is 5.92 Å². The van der Waals surface area contributed by atoms with E-state index in [1.54, 1.807) is 6.92 Å². The highest BCUT2D eigenvalue weighted by Gasteiger charge is 2.31. The maximum absolute atomic E-state index is 12.8. The summed E-state index contributed by atoms with van der Waals surface area (Å²) in [6.07, 6.45) is 3.52. The monoisotopic (exact) mass is 399 g/mol. The number of nitrogens with one attached hydrogen (secondary N) is 1. The summed E-state index contributed by atoms with van der Waals surface area (Å²) in [5.74, 6) is -0.117. The first-order chi connectivity index (χ1) is 13.6. The van der Waals surface area contributed by atoms with Crippen LogP contribution in [0.4, 0.5) is 0 Å². The first-order valence-electron chi connectivity index (χ1n) is 9.86. The molecule has 0 radical (unpaired) electrons. The highest BCUT2D eigenvalue weighted by atomic mass is 35.5. The van der Waals surface area contributed by atoms with Gasteiger partial charge in [0, 0.05) is 10.9 Å². The van der Waals surface area contributed by atoms with Crippen molar-refractivity contribution in [1.82, 2.24) is 5.32 Å². The number of benzene rings is 2. The Morgan fingerprint density at radius 3 is 2.29 bits per heavy atom. The second kappa shape index (κ2) is 9.74. The number of rotatable bonds is 6. The zero-order valence-corrected chi connectivity index (χ0v) is 16.8. The van der Waals surface area contributed by atoms with Crippen LogP contribution in [0, 0.1) is 5.92 Å². The molecule has 0 aromatic heterocycles. The smallest absolute Gasteiger partial charge is 0.333 e. The third-order valence-corrected chi connectivity index (χ3v) is 5.63. The molecule has 1 aliphatic rings. The predicted octanol–water partition coefficient (Wildman–Crippen LogP) is 5.03. The predicted molar refractivity (Wildman–Crippen MR) is 110 cm³/mol. The first kappa shape index (κ1) is 20.4. The molecule has 0 spiro atoms. The van der Waals surface area contributed by atoms with Crippen LogP contribution in [0.1, 0.15) is 55.7 Å². The quantitative estimate of drug-likeness (QED) is 0.692. The van der Waals surface area contributed by atoms with Crippen LogP contribution in [-0.4, -0.2) is 18.5 Å². The van der Waals surface area contributed by atoms with E-state index in [4.69, 9.17) is 16.3 Å². The number of ether oxygens (including phenoxy) is 1. The Kier molecular flexibility index (Phi) is 7.10. The zero-order valence-electron chi connectivity index (χ0n) is 16.1. The molecule has 1 fully saturated rings. The number of amides is 1. The summed E-state index contributed by atoms with van der Waals surface area (Å²) in [6, 6.07) is 16.5. The van der Waals surface area contributed by atoms with Crippen molar-refractivity contribution in [3.63, 3.8) is 0 Å². The highest BCUT2D eigenvalue weighted by Crippen LogP contribution is 2.36. The number of carbonyl (C=O) groups is 2. The zero-order chi connectivity index (χ0) is 19.9. The van der Waals surface area contributed by atoms with Gasteiger partial charge in [-0.05, 0) is 61.8 Å². The molecular weight excluding hydrogens is 374 g/mol. The largest absolute Gasteiger partial charge is 0.464 e. The molecule has 1 N–H and O–H groups in total. The third kappa shape index (κ3) is 5.14. The van der Waals surface area contributed by atoms with Gasteiger partial charge in [0.05, 0.1) is 6.61 Å². The molecule has 2 aromatic rings. The maximum atomic E-state index is 12.8. The van der Waals surface area contributed by atoms with Crippen molar-refractivity contribution < 1.29 is 14.3 Å². The van der Waals surface area contributed by atoms with Gasteiger partial charge in [0.2, 0.25) is 5.91 Å². The number of carbonyl (C=O) groups excluding carboxylic acids is 2. The third-order valence-electron chi connectivity index (χ3n) is 5.38. The van der Waals surface area contributed by atoms with Crippen LogP contribution < -0.4 is 5.32 Å². The number of halogens is 1. The molecule has 0 unspecified atom stereocenters.